The summed E-state index contributed by atoms with van der Waals surface area (Å²) in [6, 6.07) is 15.1. The predicted molar refractivity (Wildman–Crippen MR) is 168 cm³/mol. The molecule has 0 spiro atoms. The number of ether oxygens (including phenoxy) is 3. The summed E-state index contributed by atoms with van der Waals surface area (Å²) < 4.78 is 45.8. The molecular formula is C36H38F2N2O5. The van der Waals surface area contributed by atoms with Gasteiger partial charge < -0.3 is 19.1 Å². The topological polar surface area (TPSA) is 78.0 Å². The molecule has 4 aromatic rings. The lowest BCUT2D eigenvalue weighted by Crippen LogP contribution is -2.30. The molecule has 0 amide bonds. The molecule has 1 saturated heterocycles. The normalized spacial score (nSPS) is 13.5. The highest BCUT2D eigenvalue weighted by Gasteiger charge is 2.16. The van der Waals surface area contributed by atoms with Crippen LogP contribution in [0.3, 0.4) is 0 Å². The summed E-state index contributed by atoms with van der Waals surface area (Å²) in [6.07, 6.45) is 7.14. The molecule has 7 nitrogen and oxygen atoms in total. The van der Waals surface area contributed by atoms with Gasteiger partial charge in [0.15, 0.2) is 23.1 Å². The van der Waals surface area contributed by atoms with E-state index in [-0.39, 0.29) is 36.6 Å². The Kier molecular flexibility index (Phi) is 11.1. The predicted octanol–water partition coefficient (Wildman–Crippen LogP) is 7.27. The van der Waals surface area contributed by atoms with Crippen molar-refractivity contribution in [2.75, 3.05) is 33.4 Å². The number of aromatic nitrogens is 1. The number of benzene rings is 3. The third-order valence-corrected chi connectivity index (χ3v) is 7.89. The summed E-state index contributed by atoms with van der Waals surface area (Å²) in [7, 11) is 1.57. The highest BCUT2D eigenvalue weighted by Crippen LogP contribution is 2.37. The van der Waals surface area contributed by atoms with Crippen LogP contribution in [0.25, 0.3) is 10.9 Å². The van der Waals surface area contributed by atoms with Crippen LogP contribution in [0.4, 0.5) is 8.78 Å². The number of pyridine rings is 1. The smallest absolute Gasteiger partial charge is 0.166 e. The number of unbranched alkanes of at least 4 members (excludes halogenated alkanes) is 1. The molecule has 1 aromatic heterocycles. The van der Waals surface area contributed by atoms with Crippen molar-refractivity contribution in [3.8, 4) is 23.0 Å². The number of carbonyl (C=O) groups is 2. The Labute approximate surface area is 262 Å². The van der Waals surface area contributed by atoms with Crippen LogP contribution in [0.5, 0.6) is 23.0 Å². The number of likely N-dealkylation sites (tertiary alicyclic amines) is 1. The molecule has 0 unspecified atom stereocenters. The fraction of sp³-hybridized carbons (Fsp3) is 0.361. The van der Waals surface area contributed by atoms with E-state index in [1.165, 1.54) is 68.8 Å². The lowest BCUT2D eigenvalue weighted by Gasteiger charge is -2.26. The van der Waals surface area contributed by atoms with E-state index in [0.29, 0.717) is 45.9 Å². The Bertz CT molecular complexity index is 1620. The second-order valence-electron chi connectivity index (χ2n) is 11.4. The van der Waals surface area contributed by atoms with Crippen LogP contribution in [0, 0.1) is 11.6 Å². The van der Waals surface area contributed by atoms with Gasteiger partial charge in [0.05, 0.1) is 25.7 Å². The first-order valence-corrected chi connectivity index (χ1v) is 15.4. The number of ketones is 2. The molecule has 5 rings (SSSR count). The van der Waals surface area contributed by atoms with Crippen LogP contribution < -0.4 is 14.2 Å². The van der Waals surface area contributed by atoms with Gasteiger partial charge in [0.25, 0.3) is 0 Å². The van der Waals surface area contributed by atoms with Crippen LogP contribution in [0.1, 0.15) is 49.7 Å². The maximum Gasteiger partial charge on any atom is 0.166 e. The van der Waals surface area contributed by atoms with Gasteiger partial charge in [-0.15, -0.1) is 0 Å². The molecule has 1 aliphatic heterocycles. The van der Waals surface area contributed by atoms with Gasteiger partial charge in [0.2, 0.25) is 0 Å². The minimum absolute atomic E-state index is 0.0147. The number of Topliss-reactive ketones (excluding diaryl/α,β-unsaturated/α-hetero) is 2. The van der Waals surface area contributed by atoms with Crippen LogP contribution in [-0.2, 0) is 22.4 Å². The molecular weight excluding hydrogens is 578 g/mol. The van der Waals surface area contributed by atoms with Crippen LogP contribution in [0.15, 0.2) is 66.9 Å². The Morgan fingerprint density at radius 3 is 2.27 bits per heavy atom. The summed E-state index contributed by atoms with van der Waals surface area (Å²) in [6.45, 7) is 4.03. The van der Waals surface area contributed by atoms with E-state index in [1.54, 1.807) is 37.6 Å². The first-order valence-electron chi connectivity index (χ1n) is 15.4. The fourth-order valence-corrected chi connectivity index (χ4v) is 5.55. The fourth-order valence-electron chi connectivity index (χ4n) is 5.55. The van der Waals surface area contributed by atoms with E-state index in [1.807, 2.05) is 0 Å². The summed E-state index contributed by atoms with van der Waals surface area (Å²) in [5, 5.41) is 0.630. The summed E-state index contributed by atoms with van der Waals surface area (Å²) in [4.78, 5) is 31.8. The SMILES string of the molecule is COc1cc2c(Oc3ccc(CC(=O)CC(=O)Cc4ccc(F)cc4)cc3F)ccnc2cc1OCCCCN1CCCCC1. The minimum Gasteiger partial charge on any atom is -0.493 e. The maximum absolute atomic E-state index is 15.1. The number of hydrogen-bond donors (Lipinski definition) is 0. The number of hydrogen-bond acceptors (Lipinski definition) is 7. The summed E-state index contributed by atoms with van der Waals surface area (Å²) >= 11 is 0. The second-order valence-corrected chi connectivity index (χ2v) is 11.4. The summed E-state index contributed by atoms with van der Waals surface area (Å²) in [5.74, 6) is -0.157. The molecule has 3 aromatic carbocycles. The van der Waals surface area contributed by atoms with E-state index in [4.69, 9.17) is 14.2 Å². The largest absolute Gasteiger partial charge is 0.493 e. The average molecular weight is 617 g/mol. The van der Waals surface area contributed by atoms with Gasteiger partial charge in [0.1, 0.15) is 23.1 Å². The van der Waals surface area contributed by atoms with Gasteiger partial charge in [-0.3, -0.25) is 14.6 Å². The Balaban J connectivity index is 1.18. The zero-order valence-electron chi connectivity index (χ0n) is 25.5. The first-order chi connectivity index (χ1) is 21.9. The van der Waals surface area contributed by atoms with Crippen molar-refractivity contribution in [2.45, 2.75) is 51.4 Å². The van der Waals surface area contributed by atoms with Crippen molar-refractivity contribution >= 4 is 22.5 Å². The molecule has 0 aliphatic carbocycles. The Morgan fingerprint density at radius 2 is 1.53 bits per heavy atom. The molecule has 1 fully saturated rings. The molecule has 0 N–H and O–H groups in total. The highest BCUT2D eigenvalue weighted by molar-refractivity contribution is 6.00. The van der Waals surface area contributed by atoms with E-state index < -0.39 is 11.6 Å². The summed E-state index contributed by atoms with van der Waals surface area (Å²) in [5.41, 5.74) is 1.67. The van der Waals surface area contributed by atoms with Gasteiger partial charge in [-0.2, -0.15) is 0 Å². The lowest BCUT2D eigenvalue weighted by molar-refractivity contribution is -0.126. The van der Waals surface area contributed by atoms with Crippen molar-refractivity contribution in [3.05, 3.63) is 89.6 Å². The van der Waals surface area contributed by atoms with Crippen LogP contribution in [-0.4, -0.2) is 54.8 Å². The van der Waals surface area contributed by atoms with Gasteiger partial charge in [0, 0.05) is 30.5 Å². The van der Waals surface area contributed by atoms with Gasteiger partial charge in [-0.1, -0.05) is 24.6 Å². The van der Waals surface area contributed by atoms with Crippen molar-refractivity contribution < 1.29 is 32.6 Å². The molecule has 1 aliphatic rings. The average Bonchev–Trinajstić information content (AvgIpc) is 3.03. The van der Waals surface area contributed by atoms with Crippen molar-refractivity contribution in [2.24, 2.45) is 0 Å². The number of halogens is 2. The van der Waals surface area contributed by atoms with Crippen molar-refractivity contribution in [3.63, 3.8) is 0 Å². The van der Waals surface area contributed by atoms with Crippen LogP contribution >= 0.6 is 0 Å². The van der Waals surface area contributed by atoms with Crippen molar-refractivity contribution in [1.82, 2.24) is 9.88 Å². The zero-order chi connectivity index (χ0) is 31.6. The quantitative estimate of drug-likeness (QED) is 0.103. The van der Waals surface area contributed by atoms with E-state index in [9.17, 15) is 14.0 Å². The molecule has 2 heterocycles. The molecule has 0 saturated carbocycles. The molecule has 9 heteroatoms. The highest BCUT2D eigenvalue weighted by atomic mass is 19.1. The Hall–Kier alpha value is -4.37. The molecule has 45 heavy (non-hydrogen) atoms. The third kappa shape index (κ3) is 9.08. The van der Waals surface area contributed by atoms with E-state index in [0.717, 1.165) is 19.4 Å². The third-order valence-electron chi connectivity index (χ3n) is 7.89. The number of carbonyl (C=O) groups excluding carboxylic acids is 2. The standard InChI is InChI=1S/C36H38F2N2O5/c1-43-35-23-30-32(24-36(35)44-18-6-5-17-40-15-3-2-4-16-40)39-14-13-33(30)45-34-12-9-26(21-31(34)38)20-29(42)22-28(41)19-25-7-10-27(37)11-8-25/h7-14,21,23-24H,2-6,15-20,22H2,1H3. The Morgan fingerprint density at radius 1 is 0.800 bits per heavy atom. The molecule has 0 radical (unpaired) electrons. The van der Waals surface area contributed by atoms with E-state index in [2.05, 4.69) is 9.88 Å². The van der Waals surface area contributed by atoms with Gasteiger partial charge >= 0.3 is 0 Å². The number of piperidine rings is 1. The number of rotatable bonds is 15. The number of methoxy groups -OCH3 is 1. The number of nitrogens with zero attached hydrogens (tertiary/aromatic N) is 2. The molecule has 236 valence electrons. The van der Waals surface area contributed by atoms with E-state index >= 15 is 4.39 Å². The van der Waals surface area contributed by atoms with Crippen LogP contribution in [0.2, 0.25) is 0 Å². The van der Waals surface area contributed by atoms with Gasteiger partial charge in [-0.25, -0.2) is 8.78 Å². The maximum atomic E-state index is 15.1. The molecule has 0 bridgehead atoms. The lowest BCUT2D eigenvalue weighted by atomic mass is 10.0. The van der Waals surface area contributed by atoms with Crippen molar-refractivity contribution in [1.29, 1.82) is 0 Å². The second kappa shape index (κ2) is 15.6. The van der Waals surface area contributed by atoms with Gasteiger partial charge in [-0.05, 0) is 92.8 Å². The minimum atomic E-state index is -0.639. The first kappa shape index (κ1) is 32.0. The number of fused-ring (bicyclic) bond motifs is 1. The zero-order valence-corrected chi connectivity index (χ0v) is 25.5. The monoisotopic (exact) mass is 616 g/mol. The molecule has 0 atom stereocenters.